The summed E-state index contributed by atoms with van der Waals surface area (Å²) in [6.07, 6.45) is -4.61. The molecule has 0 radical (unpaired) electrons. The Morgan fingerprint density at radius 3 is 2.34 bits per heavy atom. The number of carbonyl (C=O) groups excluding carboxylic acids is 1. The number of amides is 1. The largest absolute Gasteiger partial charge is 0.451 e. The molecule has 1 amide bonds. The second-order valence-electron chi connectivity index (χ2n) is 7.06. The van der Waals surface area contributed by atoms with Crippen LogP contribution in [-0.4, -0.2) is 47.1 Å². The van der Waals surface area contributed by atoms with Crippen molar-refractivity contribution in [3.05, 3.63) is 40.5 Å². The lowest BCUT2D eigenvalue weighted by atomic mass is 10.1. The van der Waals surface area contributed by atoms with E-state index in [1.54, 1.807) is 26.0 Å². The van der Waals surface area contributed by atoms with Crippen molar-refractivity contribution in [1.29, 1.82) is 0 Å². The third-order valence-corrected chi connectivity index (χ3v) is 6.25. The molecule has 0 unspecified atom stereocenters. The molecule has 0 bridgehead atoms. The van der Waals surface area contributed by atoms with Crippen molar-refractivity contribution < 1.29 is 26.4 Å². The van der Waals surface area contributed by atoms with Gasteiger partial charge in [-0.15, -0.1) is 10.2 Å². The maximum absolute atomic E-state index is 12.9. The van der Waals surface area contributed by atoms with Crippen molar-refractivity contribution >= 4 is 15.9 Å². The van der Waals surface area contributed by atoms with Gasteiger partial charge in [0.05, 0.1) is 18.0 Å². The summed E-state index contributed by atoms with van der Waals surface area (Å²) in [6.45, 7) is 4.88. The van der Waals surface area contributed by atoms with Crippen LogP contribution in [0.1, 0.15) is 28.3 Å². The van der Waals surface area contributed by atoms with E-state index in [1.165, 1.54) is 4.90 Å². The summed E-state index contributed by atoms with van der Waals surface area (Å²) in [4.78, 5) is 13.9. The molecule has 1 aromatic carbocycles. The first-order valence-electron chi connectivity index (χ1n) is 8.73. The number of rotatable bonds is 4. The van der Waals surface area contributed by atoms with Crippen LogP contribution in [0.5, 0.6) is 0 Å². The highest BCUT2D eigenvalue weighted by atomic mass is 32.2. The highest BCUT2D eigenvalue weighted by molar-refractivity contribution is 7.90. The van der Waals surface area contributed by atoms with E-state index in [4.69, 9.17) is 0 Å². The minimum absolute atomic E-state index is 0.0425. The van der Waals surface area contributed by atoms with E-state index in [-0.39, 0.29) is 36.9 Å². The third-order valence-electron chi connectivity index (χ3n) is 4.57. The van der Waals surface area contributed by atoms with Crippen molar-refractivity contribution in [2.24, 2.45) is 0 Å². The maximum Gasteiger partial charge on any atom is 0.451 e. The number of fused-ring (bicyclic) bond motifs is 1. The van der Waals surface area contributed by atoms with Gasteiger partial charge in [-0.05, 0) is 31.9 Å². The average molecular weight is 431 g/mol. The Hall–Kier alpha value is -2.47. The Bertz CT molecular complexity index is 1040. The van der Waals surface area contributed by atoms with Crippen LogP contribution in [0.4, 0.5) is 13.2 Å². The fraction of sp³-hybridized carbons (Fsp3) is 0.471. The SMILES string of the molecule is Cc1cc(C)c(S(=O)(=O)NC(=O)CN2CCn3c(nnc3C(F)(F)F)C2)c(C)c1. The van der Waals surface area contributed by atoms with E-state index in [2.05, 4.69) is 10.2 Å². The second kappa shape index (κ2) is 7.41. The van der Waals surface area contributed by atoms with Crippen LogP contribution in [0.25, 0.3) is 0 Å². The first kappa shape index (κ1) is 21.2. The number of hydrogen-bond donors (Lipinski definition) is 1. The molecule has 0 atom stereocenters. The molecule has 0 aliphatic carbocycles. The number of sulfonamides is 1. The molecule has 2 aromatic rings. The van der Waals surface area contributed by atoms with E-state index in [0.717, 1.165) is 10.1 Å². The zero-order valence-corrected chi connectivity index (χ0v) is 16.9. The number of hydrogen-bond acceptors (Lipinski definition) is 6. The van der Waals surface area contributed by atoms with Crippen LogP contribution in [0.3, 0.4) is 0 Å². The Morgan fingerprint density at radius 2 is 1.76 bits per heavy atom. The van der Waals surface area contributed by atoms with Crippen molar-refractivity contribution in [2.75, 3.05) is 13.1 Å². The Labute approximate surface area is 165 Å². The molecule has 1 aliphatic heterocycles. The van der Waals surface area contributed by atoms with Gasteiger partial charge in [0.2, 0.25) is 11.7 Å². The van der Waals surface area contributed by atoms with Crippen LogP contribution in [-0.2, 0) is 34.1 Å². The highest BCUT2D eigenvalue weighted by Crippen LogP contribution is 2.29. The summed E-state index contributed by atoms with van der Waals surface area (Å²) >= 11 is 0. The molecule has 1 aromatic heterocycles. The first-order chi connectivity index (χ1) is 13.4. The van der Waals surface area contributed by atoms with Gasteiger partial charge in [-0.2, -0.15) is 13.2 Å². The zero-order chi connectivity index (χ0) is 21.6. The molecule has 0 spiro atoms. The number of carbonyl (C=O) groups is 1. The maximum atomic E-state index is 12.9. The molecule has 1 N–H and O–H groups in total. The molecule has 8 nitrogen and oxygen atoms in total. The molecular weight excluding hydrogens is 411 g/mol. The number of benzene rings is 1. The van der Waals surface area contributed by atoms with Crippen molar-refractivity contribution in [1.82, 2.24) is 24.4 Å². The monoisotopic (exact) mass is 431 g/mol. The Kier molecular flexibility index (Phi) is 5.43. The van der Waals surface area contributed by atoms with Gasteiger partial charge in [-0.25, -0.2) is 13.1 Å². The molecule has 0 saturated carbocycles. The van der Waals surface area contributed by atoms with Gasteiger partial charge < -0.3 is 4.57 Å². The van der Waals surface area contributed by atoms with Crippen LogP contribution in [0.15, 0.2) is 17.0 Å². The second-order valence-corrected chi connectivity index (χ2v) is 8.68. The number of halogens is 3. The van der Waals surface area contributed by atoms with Gasteiger partial charge in [0.15, 0.2) is 0 Å². The van der Waals surface area contributed by atoms with E-state index >= 15 is 0 Å². The predicted molar refractivity (Wildman–Crippen MR) is 96.3 cm³/mol. The van der Waals surface area contributed by atoms with E-state index in [9.17, 15) is 26.4 Å². The predicted octanol–water partition coefficient (Wildman–Crippen LogP) is 1.54. The molecule has 12 heteroatoms. The molecule has 29 heavy (non-hydrogen) atoms. The van der Waals surface area contributed by atoms with Crippen molar-refractivity contribution in [3.8, 4) is 0 Å². The number of alkyl halides is 3. The van der Waals surface area contributed by atoms with E-state index in [1.807, 2.05) is 11.6 Å². The van der Waals surface area contributed by atoms with Gasteiger partial charge in [-0.1, -0.05) is 17.7 Å². The quantitative estimate of drug-likeness (QED) is 0.789. The van der Waals surface area contributed by atoms with E-state index in [0.29, 0.717) is 11.1 Å². The van der Waals surface area contributed by atoms with Gasteiger partial charge in [0.25, 0.3) is 10.0 Å². The van der Waals surface area contributed by atoms with Crippen molar-refractivity contribution in [3.63, 3.8) is 0 Å². The van der Waals surface area contributed by atoms with Crippen molar-refractivity contribution in [2.45, 2.75) is 44.9 Å². The standard InChI is InChI=1S/C17H20F3N5O3S/c1-10-6-11(2)15(12(3)7-10)29(27,28)23-14(26)9-24-4-5-25-13(8-24)21-22-16(25)17(18,19)20/h6-7H,4-5,8-9H2,1-3H3,(H,23,26). The molecular formula is C17H20F3N5O3S. The molecule has 3 rings (SSSR count). The third kappa shape index (κ3) is 4.42. The molecule has 1 aliphatic rings. The Balaban J connectivity index is 1.70. The summed E-state index contributed by atoms with van der Waals surface area (Å²) in [5.74, 6) is -1.78. The lowest BCUT2D eigenvalue weighted by Gasteiger charge is -2.27. The lowest BCUT2D eigenvalue weighted by molar-refractivity contribution is -0.148. The molecule has 0 fully saturated rings. The average Bonchev–Trinajstić information content (AvgIpc) is 2.95. The zero-order valence-electron chi connectivity index (χ0n) is 16.0. The van der Waals surface area contributed by atoms with Gasteiger partial charge in [0.1, 0.15) is 5.82 Å². The minimum Gasteiger partial charge on any atom is -0.305 e. The number of aryl methyl sites for hydroxylation is 3. The molecule has 158 valence electrons. The first-order valence-corrected chi connectivity index (χ1v) is 10.2. The summed E-state index contributed by atoms with van der Waals surface area (Å²) in [5, 5.41) is 6.71. The topological polar surface area (TPSA) is 97.2 Å². The normalized spacial score (nSPS) is 15.2. The van der Waals surface area contributed by atoms with Crippen LogP contribution >= 0.6 is 0 Å². The lowest BCUT2D eigenvalue weighted by Crippen LogP contribution is -2.43. The fourth-order valence-electron chi connectivity index (χ4n) is 3.58. The Morgan fingerprint density at radius 1 is 1.14 bits per heavy atom. The summed E-state index contributed by atoms with van der Waals surface area (Å²) in [7, 11) is -4.07. The highest BCUT2D eigenvalue weighted by Gasteiger charge is 2.39. The number of nitrogens with one attached hydrogen (secondary N) is 1. The number of aromatic nitrogens is 3. The fourth-order valence-corrected chi connectivity index (χ4v) is 5.01. The van der Waals surface area contributed by atoms with Gasteiger partial charge in [0, 0.05) is 13.1 Å². The van der Waals surface area contributed by atoms with E-state index < -0.39 is 27.9 Å². The van der Waals surface area contributed by atoms with Gasteiger partial charge >= 0.3 is 6.18 Å². The summed E-state index contributed by atoms with van der Waals surface area (Å²) in [5.41, 5.74) is 1.95. The summed E-state index contributed by atoms with van der Waals surface area (Å²) < 4.78 is 67.0. The molecule has 2 heterocycles. The molecule has 0 saturated heterocycles. The summed E-state index contributed by atoms with van der Waals surface area (Å²) in [6, 6.07) is 3.42. The van der Waals surface area contributed by atoms with Crippen LogP contribution < -0.4 is 4.72 Å². The number of nitrogens with zero attached hydrogens (tertiary/aromatic N) is 4. The minimum atomic E-state index is -4.61. The smallest absolute Gasteiger partial charge is 0.305 e. The van der Waals surface area contributed by atoms with Crippen LogP contribution in [0, 0.1) is 20.8 Å². The van der Waals surface area contributed by atoms with Gasteiger partial charge in [-0.3, -0.25) is 9.69 Å². The van der Waals surface area contributed by atoms with Crippen LogP contribution in [0.2, 0.25) is 0 Å².